The Bertz CT molecular complexity index is 1130. The van der Waals surface area contributed by atoms with Crippen LogP contribution in [0.25, 0.3) is 0 Å². The summed E-state index contributed by atoms with van der Waals surface area (Å²) in [7, 11) is 1.56. The summed E-state index contributed by atoms with van der Waals surface area (Å²) in [6, 6.07) is 13.0. The number of methoxy groups -OCH3 is 1. The van der Waals surface area contributed by atoms with Crippen LogP contribution in [0, 0.1) is 0 Å². The fourth-order valence-electron chi connectivity index (χ4n) is 4.22. The monoisotopic (exact) mass is 492 g/mol. The predicted molar refractivity (Wildman–Crippen MR) is 135 cm³/mol. The van der Waals surface area contributed by atoms with Crippen molar-refractivity contribution in [3.05, 3.63) is 76.7 Å². The van der Waals surface area contributed by atoms with Gasteiger partial charge in [-0.1, -0.05) is 25.0 Å². The third-order valence-corrected chi connectivity index (χ3v) is 6.84. The summed E-state index contributed by atoms with van der Waals surface area (Å²) in [6.07, 6.45) is 7.18. The molecule has 9 heteroatoms. The first-order valence-electron chi connectivity index (χ1n) is 11.5. The number of anilines is 1. The highest BCUT2D eigenvalue weighted by Gasteiger charge is 2.34. The molecule has 3 aromatic rings. The van der Waals surface area contributed by atoms with E-state index in [9.17, 15) is 14.4 Å². The molecule has 1 aromatic carbocycles. The van der Waals surface area contributed by atoms with Crippen molar-refractivity contribution < 1.29 is 19.1 Å². The Balaban J connectivity index is 1.66. The fraction of sp³-hybridized carbons (Fsp3) is 0.308. The molecule has 1 aliphatic carbocycles. The minimum Gasteiger partial charge on any atom is -0.497 e. The smallest absolute Gasteiger partial charge is 0.261 e. The number of amides is 3. The number of ether oxygens (including phenoxy) is 1. The number of rotatable bonds is 9. The van der Waals surface area contributed by atoms with Gasteiger partial charge in [0.1, 0.15) is 11.8 Å². The van der Waals surface area contributed by atoms with Gasteiger partial charge in [-0.05, 0) is 54.6 Å². The summed E-state index contributed by atoms with van der Waals surface area (Å²) in [5, 5.41) is 7.60. The van der Waals surface area contributed by atoms with Crippen molar-refractivity contribution in [2.75, 3.05) is 18.6 Å². The Morgan fingerprint density at radius 2 is 1.89 bits per heavy atom. The Morgan fingerprint density at radius 1 is 1.11 bits per heavy atom. The Labute approximate surface area is 208 Å². The van der Waals surface area contributed by atoms with Crippen LogP contribution in [0.5, 0.6) is 5.75 Å². The molecule has 8 nitrogen and oxygen atoms in total. The highest BCUT2D eigenvalue weighted by Crippen LogP contribution is 2.30. The molecular formula is C26H28N4O4S. The van der Waals surface area contributed by atoms with Gasteiger partial charge in [0, 0.05) is 29.7 Å². The Kier molecular flexibility index (Phi) is 8.10. The summed E-state index contributed by atoms with van der Waals surface area (Å²) in [4.78, 5) is 45.8. The number of pyridine rings is 1. The van der Waals surface area contributed by atoms with Crippen LogP contribution in [0.15, 0.2) is 66.3 Å². The predicted octanol–water partition coefficient (Wildman–Crippen LogP) is 3.71. The molecule has 0 saturated heterocycles. The van der Waals surface area contributed by atoms with Gasteiger partial charge in [0.2, 0.25) is 11.8 Å². The van der Waals surface area contributed by atoms with Crippen molar-refractivity contribution in [1.82, 2.24) is 15.6 Å². The van der Waals surface area contributed by atoms with E-state index in [2.05, 4.69) is 15.6 Å². The number of hydrogen-bond acceptors (Lipinski definition) is 6. The molecule has 1 atom stereocenters. The van der Waals surface area contributed by atoms with Crippen LogP contribution >= 0.6 is 11.3 Å². The Hall–Kier alpha value is -3.72. The van der Waals surface area contributed by atoms with Crippen molar-refractivity contribution in [3.63, 3.8) is 0 Å². The standard InChI is InChI=1S/C26H28N4O4S/c1-34-21-12-10-20(11-13-21)30(23(31)17-28-25(32)22-9-5-15-35-22)24(18-6-4-14-27-16-18)26(33)29-19-7-2-3-8-19/h4-6,9-16,19,24H,2-3,7-8,17H2,1H3,(H,28,32)(H,29,33)/t24-/m1/s1. The molecule has 0 unspecified atom stereocenters. The zero-order valence-electron chi connectivity index (χ0n) is 19.5. The van der Waals surface area contributed by atoms with Crippen molar-refractivity contribution in [2.24, 2.45) is 0 Å². The van der Waals surface area contributed by atoms with Gasteiger partial charge in [0.15, 0.2) is 0 Å². The van der Waals surface area contributed by atoms with Gasteiger partial charge in [-0.25, -0.2) is 0 Å². The van der Waals surface area contributed by atoms with Crippen LogP contribution in [0.1, 0.15) is 47.0 Å². The summed E-state index contributed by atoms with van der Waals surface area (Å²) in [5.41, 5.74) is 1.09. The van der Waals surface area contributed by atoms with Crippen LogP contribution in [0.4, 0.5) is 5.69 Å². The zero-order valence-corrected chi connectivity index (χ0v) is 20.3. The largest absolute Gasteiger partial charge is 0.497 e. The lowest BCUT2D eigenvalue weighted by atomic mass is 10.0. The van der Waals surface area contributed by atoms with Crippen LogP contribution in [0.3, 0.4) is 0 Å². The Morgan fingerprint density at radius 3 is 2.51 bits per heavy atom. The number of carbonyl (C=O) groups excluding carboxylic acids is 3. The lowest BCUT2D eigenvalue weighted by Gasteiger charge is -2.32. The molecule has 1 aliphatic rings. The van der Waals surface area contributed by atoms with Crippen molar-refractivity contribution in [3.8, 4) is 5.75 Å². The second kappa shape index (κ2) is 11.6. The molecular weight excluding hydrogens is 464 g/mol. The van der Waals surface area contributed by atoms with E-state index >= 15 is 0 Å². The molecule has 182 valence electrons. The highest BCUT2D eigenvalue weighted by molar-refractivity contribution is 7.12. The molecule has 1 saturated carbocycles. The normalized spacial score (nSPS) is 14.2. The van der Waals surface area contributed by atoms with Gasteiger partial charge < -0.3 is 15.4 Å². The van der Waals surface area contributed by atoms with E-state index in [0.717, 1.165) is 25.7 Å². The lowest BCUT2D eigenvalue weighted by Crippen LogP contribution is -2.49. The van der Waals surface area contributed by atoms with Crippen LogP contribution in [-0.2, 0) is 9.59 Å². The number of carbonyl (C=O) groups is 3. The number of benzene rings is 1. The van der Waals surface area contributed by atoms with E-state index < -0.39 is 11.9 Å². The van der Waals surface area contributed by atoms with Crippen LogP contribution < -0.4 is 20.3 Å². The summed E-state index contributed by atoms with van der Waals surface area (Å²) in [5.74, 6) is -0.411. The number of thiophene rings is 1. The van der Waals surface area contributed by atoms with E-state index in [-0.39, 0.29) is 24.4 Å². The number of nitrogens with zero attached hydrogens (tertiary/aromatic N) is 2. The summed E-state index contributed by atoms with van der Waals surface area (Å²) in [6.45, 7) is -0.268. The van der Waals surface area contributed by atoms with Gasteiger partial charge in [0.05, 0.1) is 18.5 Å². The molecule has 35 heavy (non-hydrogen) atoms. The zero-order chi connectivity index (χ0) is 24.6. The summed E-state index contributed by atoms with van der Waals surface area (Å²) < 4.78 is 5.26. The number of hydrogen-bond donors (Lipinski definition) is 2. The number of nitrogens with one attached hydrogen (secondary N) is 2. The van der Waals surface area contributed by atoms with Crippen molar-refractivity contribution >= 4 is 34.7 Å². The molecule has 0 bridgehead atoms. The minimum atomic E-state index is -0.955. The van der Waals surface area contributed by atoms with Crippen LogP contribution in [0.2, 0.25) is 0 Å². The number of aromatic nitrogens is 1. The molecule has 0 radical (unpaired) electrons. The molecule has 3 amide bonds. The first-order chi connectivity index (χ1) is 17.1. The van der Waals surface area contributed by atoms with Gasteiger partial charge >= 0.3 is 0 Å². The van der Waals surface area contributed by atoms with Crippen LogP contribution in [-0.4, -0.2) is 42.4 Å². The average Bonchev–Trinajstić information content (AvgIpc) is 3.61. The highest BCUT2D eigenvalue weighted by atomic mass is 32.1. The third kappa shape index (κ3) is 6.05. The summed E-state index contributed by atoms with van der Waals surface area (Å²) >= 11 is 1.29. The van der Waals surface area contributed by atoms with E-state index in [0.29, 0.717) is 21.9 Å². The second-order valence-corrected chi connectivity index (χ2v) is 9.25. The maximum absolute atomic E-state index is 13.6. The quantitative estimate of drug-likeness (QED) is 0.474. The maximum atomic E-state index is 13.6. The molecule has 0 spiro atoms. The third-order valence-electron chi connectivity index (χ3n) is 5.97. The first-order valence-corrected chi connectivity index (χ1v) is 12.4. The molecule has 2 aromatic heterocycles. The van der Waals surface area contributed by atoms with Crippen molar-refractivity contribution in [2.45, 2.75) is 37.8 Å². The fourth-order valence-corrected chi connectivity index (χ4v) is 4.86. The van der Waals surface area contributed by atoms with Gasteiger partial charge in [-0.15, -0.1) is 11.3 Å². The SMILES string of the molecule is COc1ccc(N(C(=O)CNC(=O)c2cccs2)[C@@H](C(=O)NC2CCCC2)c2cccnc2)cc1. The topological polar surface area (TPSA) is 101 Å². The average molecular weight is 493 g/mol. The molecule has 2 N–H and O–H groups in total. The molecule has 4 rings (SSSR count). The molecule has 0 aliphatic heterocycles. The van der Waals surface area contributed by atoms with E-state index in [1.165, 1.54) is 16.2 Å². The van der Waals surface area contributed by atoms with Gasteiger partial charge in [-0.3, -0.25) is 24.3 Å². The lowest BCUT2D eigenvalue weighted by molar-refractivity contribution is -0.126. The maximum Gasteiger partial charge on any atom is 0.261 e. The van der Waals surface area contributed by atoms with Crippen molar-refractivity contribution in [1.29, 1.82) is 0 Å². The van der Waals surface area contributed by atoms with Gasteiger partial charge in [-0.2, -0.15) is 0 Å². The minimum absolute atomic E-state index is 0.0769. The molecule has 1 fully saturated rings. The molecule has 2 heterocycles. The van der Waals surface area contributed by atoms with E-state index in [4.69, 9.17) is 4.74 Å². The second-order valence-electron chi connectivity index (χ2n) is 8.30. The van der Waals surface area contributed by atoms with E-state index in [1.54, 1.807) is 73.4 Å². The van der Waals surface area contributed by atoms with E-state index in [1.807, 2.05) is 0 Å². The van der Waals surface area contributed by atoms with Gasteiger partial charge in [0.25, 0.3) is 5.91 Å². The first kappa shape index (κ1) is 24.4.